The molecule has 0 radical (unpaired) electrons. The highest BCUT2D eigenvalue weighted by molar-refractivity contribution is 5.94. The standard InChI is InChI=1S/C16H21NO5/c1-21-13-9-5-8-12(15(13)19)16(20)22-10-14(18)17-11-6-3-2-4-7-11/h5,8-9,11,19H,2-4,6-7,10H2,1H3,(H,17,18). The van der Waals surface area contributed by atoms with Gasteiger partial charge < -0.3 is 19.9 Å². The summed E-state index contributed by atoms with van der Waals surface area (Å²) in [6.45, 7) is -0.355. The van der Waals surface area contributed by atoms with E-state index in [1.54, 1.807) is 6.07 Å². The van der Waals surface area contributed by atoms with Crippen molar-refractivity contribution in [3.63, 3.8) is 0 Å². The second-order valence-corrected chi connectivity index (χ2v) is 5.34. The third kappa shape index (κ3) is 4.13. The zero-order valence-corrected chi connectivity index (χ0v) is 12.6. The number of para-hydroxylation sites is 1. The molecule has 1 aromatic carbocycles. The number of aromatic hydroxyl groups is 1. The van der Waals surface area contributed by atoms with E-state index in [0.29, 0.717) is 0 Å². The normalized spacial score (nSPS) is 15.1. The van der Waals surface area contributed by atoms with Crippen LogP contribution in [0.5, 0.6) is 11.5 Å². The predicted octanol–water partition coefficient (Wildman–Crippen LogP) is 2.01. The maximum atomic E-state index is 11.9. The lowest BCUT2D eigenvalue weighted by Gasteiger charge is -2.22. The van der Waals surface area contributed by atoms with Crippen LogP contribution >= 0.6 is 0 Å². The number of nitrogens with one attached hydrogen (secondary N) is 1. The van der Waals surface area contributed by atoms with Gasteiger partial charge in [0.1, 0.15) is 5.56 Å². The van der Waals surface area contributed by atoms with Crippen LogP contribution in [-0.4, -0.2) is 36.7 Å². The Balaban J connectivity index is 1.85. The fraction of sp³-hybridized carbons (Fsp3) is 0.500. The molecular weight excluding hydrogens is 286 g/mol. The lowest BCUT2D eigenvalue weighted by atomic mass is 9.95. The molecule has 0 unspecified atom stereocenters. The molecule has 120 valence electrons. The van der Waals surface area contributed by atoms with Gasteiger partial charge in [-0.15, -0.1) is 0 Å². The van der Waals surface area contributed by atoms with Crippen LogP contribution in [0.25, 0.3) is 0 Å². The second kappa shape index (κ2) is 7.68. The van der Waals surface area contributed by atoms with Crippen molar-refractivity contribution in [2.75, 3.05) is 13.7 Å². The third-order valence-electron chi connectivity index (χ3n) is 3.74. The number of phenols is 1. The van der Waals surface area contributed by atoms with E-state index in [4.69, 9.17) is 9.47 Å². The molecule has 0 aromatic heterocycles. The quantitative estimate of drug-likeness (QED) is 0.813. The van der Waals surface area contributed by atoms with Gasteiger partial charge in [-0.25, -0.2) is 4.79 Å². The van der Waals surface area contributed by atoms with Gasteiger partial charge in [0.25, 0.3) is 5.91 Å². The third-order valence-corrected chi connectivity index (χ3v) is 3.74. The smallest absolute Gasteiger partial charge is 0.342 e. The number of benzene rings is 1. The van der Waals surface area contributed by atoms with Crippen LogP contribution in [0.15, 0.2) is 18.2 Å². The highest BCUT2D eigenvalue weighted by atomic mass is 16.5. The Kier molecular flexibility index (Phi) is 5.63. The second-order valence-electron chi connectivity index (χ2n) is 5.34. The molecule has 0 heterocycles. The van der Waals surface area contributed by atoms with Crippen molar-refractivity contribution in [2.45, 2.75) is 38.1 Å². The Hall–Kier alpha value is -2.24. The Morgan fingerprint density at radius 3 is 2.68 bits per heavy atom. The van der Waals surface area contributed by atoms with Gasteiger partial charge in [-0.3, -0.25) is 4.79 Å². The maximum absolute atomic E-state index is 11.9. The van der Waals surface area contributed by atoms with E-state index in [2.05, 4.69) is 5.32 Å². The fourth-order valence-electron chi connectivity index (χ4n) is 2.58. The number of amides is 1. The van der Waals surface area contributed by atoms with Crippen molar-refractivity contribution in [1.82, 2.24) is 5.32 Å². The van der Waals surface area contributed by atoms with Crippen molar-refractivity contribution < 1.29 is 24.2 Å². The molecular formula is C16H21NO5. The largest absolute Gasteiger partial charge is 0.504 e. The van der Waals surface area contributed by atoms with Gasteiger partial charge in [0.05, 0.1) is 7.11 Å². The Bertz CT molecular complexity index is 537. The molecule has 1 aromatic rings. The first-order valence-electron chi connectivity index (χ1n) is 7.44. The fourth-order valence-corrected chi connectivity index (χ4v) is 2.58. The minimum absolute atomic E-state index is 0.0233. The number of carbonyl (C=O) groups is 2. The summed E-state index contributed by atoms with van der Waals surface area (Å²) in [7, 11) is 1.39. The van der Waals surface area contributed by atoms with E-state index in [-0.39, 0.29) is 35.6 Å². The molecule has 0 atom stereocenters. The molecule has 0 bridgehead atoms. The van der Waals surface area contributed by atoms with Crippen LogP contribution in [0, 0.1) is 0 Å². The average molecular weight is 307 g/mol. The molecule has 2 N–H and O–H groups in total. The summed E-state index contributed by atoms with van der Waals surface area (Å²) < 4.78 is 9.87. The first-order valence-corrected chi connectivity index (χ1v) is 7.44. The Morgan fingerprint density at radius 2 is 2.00 bits per heavy atom. The van der Waals surface area contributed by atoms with Crippen LogP contribution in [-0.2, 0) is 9.53 Å². The summed E-state index contributed by atoms with van der Waals surface area (Å²) in [6.07, 6.45) is 5.37. The number of methoxy groups -OCH3 is 1. The van der Waals surface area contributed by atoms with E-state index in [9.17, 15) is 14.7 Å². The van der Waals surface area contributed by atoms with Crippen molar-refractivity contribution in [3.8, 4) is 11.5 Å². The topological polar surface area (TPSA) is 84.9 Å². The number of hydrogen-bond acceptors (Lipinski definition) is 5. The summed E-state index contributed by atoms with van der Waals surface area (Å²) in [5, 5.41) is 12.7. The molecule has 0 saturated heterocycles. The minimum atomic E-state index is -0.754. The van der Waals surface area contributed by atoms with Crippen molar-refractivity contribution in [3.05, 3.63) is 23.8 Å². The van der Waals surface area contributed by atoms with E-state index < -0.39 is 5.97 Å². The summed E-state index contributed by atoms with van der Waals surface area (Å²) >= 11 is 0. The Morgan fingerprint density at radius 1 is 1.27 bits per heavy atom. The summed E-state index contributed by atoms with van der Waals surface area (Å²) in [5.41, 5.74) is -0.0233. The molecule has 1 fully saturated rings. The molecule has 0 spiro atoms. The molecule has 0 aliphatic heterocycles. The van der Waals surface area contributed by atoms with Crippen LogP contribution in [0.4, 0.5) is 0 Å². The molecule has 1 aliphatic carbocycles. The van der Waals surface area contributed by atoms with Crippen molar-refractivity contribution in [1.29, 1.82) is 0 Å². The zero-order chi connectivity index (χ0) is 15.9. The summed E-state index contributed by atoms with van der Waals surface area (Å²) in [4.78, 5) is 23.7. The van der Waals surface area contributed by atoms with E-state index in [1.807, 2.05) is 0 Å². The van der Waals surface area contributed by atoms with Gasteiger partial charge in [0.2, 0.25) is 0 Å². The zero-order valence-electron chi connectivity index (χ0n) is 12.6. The van der Waals surface area contributed by atoms with Crippen LogP contribution in [0.3, 0.4) is 0 Å². The van der Waals surface area contributed by atoms with Crippen LogP contribution in [0.2, 0.25) is 0 Å². The monoisotopic (exact) mass is 307 g/mol. The Labute approximate surface area is 129 Å². The molecule has 2 rings (SSSR count). The lowest BCUT2D eigenvalue weighted by molar-refractivity contribution is -0.125. The first kappa shape index (κ1) is 16.1. The van der Waals surface area contributed by atoms with Gasteiger partial charge in [-0.1, -0.05) is 25.3 Å². The SMILES string of the molecule is COc1cccc(C(=O)OCC(=O)NC2CCCCC2)c1O. The molecule has 6 nitrogen and oxygen atoms in total. The molecule has 22 heavy (non-hydrogen) atoms. The maximum Gasteiger partial charge on any atom is 0.342 e. The average Bonchev–Trinajstić information content (AvgIpc) is 2.54. The summed E-state index contributed by atoms with van der Waals surface area (Å²) in [6, 6.07) is 4.68. The summed E-state index contributed by atoms with van der Waals surface area (Å²) in [5.74, 6) is -1.18. The van der Waals surface area contributed by atoms with Gasteiger partial charge in [0, 0.05) is 6.04 Å². The van der Waals surface area contributed by atoms with E-state index in [1.165, 1.54) is 25.7 Å². The number of esters is 1. The van der Waals surface area contributed by atoms with Gasteiger partial charge in [-0.05, 0) is 25.0 Å². The van der Waals surface area contributed by atoms with E-state index >= 15 is 0 Å². The van der Waals surface area contributed by atoms with Crippen LogP contribution < -0.4 is 10.1 Å². The number of carbonyl (C=O) groups excluding carboxylic acids is 2. The first-order chi connectivity index (χ1) is 10.6. The number of rotatable bonds is 5. The van der Waals surface area contributed by atoms with E-state index in [0.717, 1.165) is 25.7 Å². The number of phenolic OH excluding ortho intramolecular Hbond substituents is 1. The number of hydrogen-bond donors (Lipinski definition) is 2. The van der Waals surface area contributed by atoms with Crippen molar-refractivity contribution >= 4 is 11.9 Å². The van der Waals surface area contributed by atoms with Gasteiger partial charge in [0.15, 0.2) is 18.1 Å². The molecule has 6 heteroatoms. The number of ether oxygens (including phenoxy) is 2. The molecule has 1 amide bonds. The lowest BCUT2D eigenvalue weighted by Crippen LogP contribution is -2.38. The van der Waals surface area contributed by atoms with Crippen molar-refractivity contribution in [2.24, 2.45) is 0 Å². The van der Waals surface area contributed by atoms with Gasteiger partial charge >= 0.3 is 5.97 Å². The van der Waals surface area contributed by atoms with Gasteiger partial charge in [-0.2, -0.15) is 0 Å². The molecule has 1 aliphatic rings. The predicted molar refractivity (Wildman–Crippen MR) is 80.0 cm³/mol. The highest BCUT2D eigenvalue weighted by Crippen LogP contribution is 2.29. The highest BCUT2D eigenvalue weighted by Gasteiger charge is 2.19. The minimum Gasteiger partial charge on any atom is -0.504 e. The molecule has 1 saturated carbocycles. The van der Waals surface area contributed by atoms with Crippen LogP contribution in [0.1, 0.15) is 42.5 Å².